The van der Waals surface area contributed by atoms with Gasteiger partial charge in [0.2, 0.25) is 5.91 Å². The van der Waals surface area contributed by atoms with Crippen molar-refractivity contribution in [2.75, 3.05) is 0 Å². The van der Waals surface area contributed by atoms with Gasteiger partial charge in [-0.25, -0.2) is 0 Å². The lowest BCUT2D eigenvalue weighted by atomic mass is 10.0. The number of amides is 2. The number of carbonyl (C=O) groups is 2. The summed E-state index contributed by atoms with van der Waals surface area (Å²) in [7, 11) is 0. The van der Waals surface area contributed by atoms with Crippen molar-refractivity contribution in [2.24, 2.45) is 11.8 Å². The summed E-state index contributed by atoms with van der Waals surface area (Å²) >= 11 is 0. The lowest BCUT2D eigenvalue weighted by Crippen LogP contribution is -2.40. The molecule has 2 aliphatic carbocycles. The molecule has 2 aliphatic rings. The molecular weight excluding hydrogens is 336 g/mol. The molecule has 2 saturated carbocycles. The molecule has 0 aromatic heterocycles. The van der Waals surface area contributed by atoms with Crippen molar-refractivity contribution in [2.45, 2.75) is 44.2 Å². The molecule has 2 aromatic carbocycles. The second-order valence-corrected chi connectivity index (χ2v) is 7.78. The fraction of sp³-hybridized carbons (Fsp3) is 0.391. The summed E-state index contributed by atoms with van der Waals surface area (Å²) in [6.45, 7) is 0. The van der Waals surface area contributed by atoms with Crippen LogP contribution in [0.25, 0.3) is 0 Å². The highest BCUT2D eigenvalue weighted by atomic mass is 16.2. The van der Waals surface area contributed by atoms with E-state index in [1.807, 2.05) is 48.5 Å². The van der Waals surface area contributed by atoms with Gasteiger partial charge in [0.15, 0.2) is 0 Å². The summed E-state index contributed by atoms with van der Waals surface area (Å²) < 4.78 is 0. The van der Waals surface area contributed by atoms with E-state index in [0.717, 1.165) is 5.56 Å². The molecule has 2 aromatic rings. The van der Waals surface area contributed by atoms with E-state index in [4.69, 9.17) is 0 Å². The van der Waals surface area contributed by atoms with Gasteiger partial charge >= 0.3 is 0 Å². The first-order valence-electron chi connectivity index (χ1n) is 9.91. The van der Waals surface area contributed by atoms with Crippen molar-refractivity contribution in [1.82, 2.24) is 10.6 Å². The van der Waals surface area contributed by atoms with Crippen LogP contribution in [0.15, 0.2) is 60.7 Å². The normalized spacial score (nSPS) is 17.4. The maximum atomic E-state index is 12.8. The Morgan fingerprint density at radius 1 is 0.815 bits per heavy atom. The van der Waals surface area contributed by atoms with E-state index >= 15 is 0 Å². The zero-order valence-electron chi connectivity index (χ0n) is 15.4. The molecule has 0 aliphatic heterocycles. The number of nitrogens with one attached hydrogen (secondary N) is 2. The highest BCUT2D eigenvalue weighted by molar-refractivity contribution is 5.94. The Morgan fingerprint density at radius 2 is 1.37 bits per heavy atom. The lowest BCUT2D eigenvalue weighted by Gasteiger charge is -2.22. The average Bonchev–Trinajstić information content (AvgIpc) is 3.60. The van der Waals surface area contributed by atoms with Crippen LogP contribution in [0.3, 0.4) is 0 Å². The summed E-state index contributed by atoms with van der Waals surface area (Å²) in [6, 6.07) is 18.9. The number of hydrogen-bond acceptors (Lipinski definition) is 2. The van der Waals surface area contributed by atoms with Crippen LogP contribution >= 0.6 is 0 Å². The Kier molecular flexibility index (Phi) is 5.23. The summed E-state index contributed by atoms with van der Waals surface area (Å²) in [5.41, 5.74) is 1.55. The summed E-state index contributed by atoms with van der Waals surface area (Å²) in [5, 5.41) is 6.31. The van der Waals surface area contributed by atoms with E-state index in [1.165, 1.54) is 25.7 Å². The quantitative estimate of drug-likeness (QED) is 0.749. The van der Waals surface area contributed by atoms with Crippen molar-refractivity contribution in [3.63, 3.8) is 0 Å². The number of rotatable bonds is 8. The first kappa shape index (κ1) is 17.8. The molecule has 0 heterocycles. The zero-order chi connectivity index (χ0) is 18.6. The molecule has 140 valence electrons. The predicted molar refractivity (Wildman–Crippen MR) is 105 cm³/mol. The minimum Gasteiger partial charge on any atom is -0.353 e. The van der Waals surface area contributed by atoms with Crippen LogP contribution in [-0.4, -0.2) is 17.9 Å². The fourth-order valence-corrected chi connectivity index (χ4v) is 3.73. The molecule has 0 spiro atoms. The van der Waals surface area contributed by atoms with Crippen molar-refractivity contribution in [3.05, 3.63) is 71.8 Å². The lowest BCUT2D eigenvalue weighted by molar-refractivity contribution is -0.122. The summed E-state index contributed by atoms with van der Waals surface area (Å²) in [5.74, 6) is 1.20. The zero-order valence-corrected chi connectivity index (χ0v) is 15.4. The van der Waals surface area contributed by atoms with Crippen LogP contribution in [0.2, 0.25) is 0 Å². The maximum absolute atomic E-state index is 12.8. The SMILES string of the molecule is O=C(CC(NC(=O)c1ccccc1)c1ccccc1)NC(C1CC1)C1CC1. The molecule has 2 fully saturated rings. The third-order valence-electron chi connectivity index (χ3n) is 5.52. The molecule has 4 nitrogen and oxygen atoms in total. The molecule has 0 bridgehead atoms. The highest BCUT2D eigenvalue weighted by Crippen LogP contribution is 2.44. The topological polar surface area (TPSA) is 58.2 Å². The third-order valence-corrected chi connectivity index (χ3v) is 5.52. The summed E-state index contributed by atoms with van der Waals surface area (Å²) in [4.78, 5) is 25.4. The van der Waals surface area contributed by atoms with E-state index in [9.17, 15) is 9.59 Å². The number of benzene rings is 2. The van der Waals surface area contributed by atoms with E-state index in [1.54, 1.807) is 12.1 Å². The molecule has 4 heteroatoms. The van der Waals surface area contributed by atoms with Gasteiger partial charge in [-0.15, -0.1) is 0 Å². The Morgan fingerprint density at radius 3 is 1.93 bits per heavy atom. The number of hydrogen-bond donors (Lipinski definition) is 2. The largest absolute Gasteiger partial charge is 0.353 e. The highest BCUT2D eigenvalue weighted by Gasteiger charge is 2.42. The Labute approximate surface area is 160 Å². The van der Waals surface area contributed by atoms with Gasteiger partial charge in [-0.05, 0) is 55.2 Å². The van der Waals surface area contributed by atoms with Crippen molar-refractivity contribution >= 4 is 11.8 Å². The van der Waals surface area contributed by atoms with E-state index in [2.05, 4.69) is 10.6 Å². The van der Waals surface area contributed by atoms with Crippen molar-refractivity contribution < 1.29 is 9.59 Å². The second kappa shape index (κ2) is 7.95. The standard InChI is InChI=1S/C23H26N2O2/c26-21(25-22(17-11-12-17)18-13-14-18)15-20(16-7-3-1-4-8-16)24-23(27)19-9-5-2-6-10-19/h1-10,17-18,20,22H,11-15H2,(H,24,27)(H,25,26). The van der Waals surface area contributed by atoms with Gasteiger partial charge in [0.1, 0.15) is 0 Å². The van der Waals surface area contributed by atoms with Crippen LogP contribution in [0.4, 0.5) is 0 Å². The molecule has 2 amide bonds. The number of carbonyl (C=O) groups excluding carboxylic acids is 2. The van der Waals surface area contributed by atoms with Gasteiger partial charge in [0, 0.05) is 11.6 Å². The molecule has 2 N–H and O–H groups in total. The molecule has 4 rings (SSSR count). The molecule has 1 unspecified atom stereocenters. The van der Waals surface area contributed by atoms with Crippen LogP contribution in [0.1, 0.15) is 54.1 Å². The monoisotopic (exact) mass is 362 g/mol. The molecule has 0 radical (unpaired) electrons. The third kappa shape index (κ3) is 4.76. The van der Waals surface area contributed by atoms with Gasteiger partial charge < -0.3 is 10.6 Å². The van der Waals surface area contributed by atoms with Crippen LogP contribution in [0, 0.1) is 11.8 Å². The van der Waals surface area contributed by atoms with Gasteiger partial charge in [-0.3, -0.25) is 9.59 Å². The molecular formula is C23H26N2O2. The van der Waals surface area contributed by atoms with Crippen LogP contribution < -0.4 is 10.6 Å². The van der Waals surface area contributed by atoms with Gasteiger partial charge in [0.25, 0.3) is 5.91 Å². The van der Waals surface area contributed by atoms with Crippen molar-refractivity contribution in [3.8, 4) is 0 Å². The smallest absolute Gasteiger partial charge is 0.251 e. The summed E-state index contributed by atoms with van der Waals surface area (Å²) in [6.07, 6.45) is 5.18. The van der Waals surface area contributed by atoms with Crippen molar-refractivity contribution in [1.29, 1.82) is 0 Å². The maximum Gasteiger partial charge on any atom is 0.251 e. The van der Waals surface area contributed by atoms with E-state index in [-0.39, 0.29) is 24.3 Å². The Hall–Kier alpha value is -2.62. The molecule has 1 atom stereocenters. The van der Waals surface area contributed by atoms with Gasteiger partial charge in [-0.1, -0.05) is 48.5 Å². The Bertz CT molecular complexity index is 771. The minimum absolute atomic E-state index is 0.0287. The first-order chi connectivity index (χ1) is 13.2. The first-order valence-corrected chi connectivity index (χ1v) is 9.91. The minimum atomic E-state index is -0.335. The van der Waals surface area contributed by atoms with Gasteiger partial charge in [-0.2, -0.15) is 0 Å². The molecule has 0 saturated heterocycles. The second-order valence-electron chi connectivity index (χ2n) is 7.78. The fourth-order valence-electron chi connectivity index (χ4n) is 3.73. The van der Waals surface area contributed by atoms with E-state index in [0.29, 0.717) is 23.4 Å². The Balaban J connectivity index is 1.44. The predicted octanol–water partition coefficient (Wildman–Crippen LogP) is 3.85. The average molecular weight is 362 g/mol. The molecule has 27 heavy (non-hydrogen) atoms. The van der Waals surface area contributed by atoms with Crippen LogP contribution in [0.5, 0.6) is 0 Å². The van der Waals surface area contributed by atoms with Crippen LogP contribution in [-0.2, 0) is 4.79 Å². The van der Waals surface area contributed by atoms with Gasteiger partial charge in [0.05, 0.1) is 12.5 Å². The van der Waals surface area contributed by atoms with E-state index < -0.39 is 0 Å².